The van der Waals surface area contributed by atoms with Crippen molar-refractivity contribution >= 4 is 57.5 Å². The number of para-hydroxylation sites is 1. The van der Waals surface area contributed by atoms with E-state index in [2.05, 4.69) is 15.4 Å². The number of rotatable bonds is 5. The minimum absolute atomic E-state index is 0.103. The number of aromatic nitrogens is 1. The molecule has 4 rings (SSSR count). The van der Waals surface area contributed by atoms with E-state index in [-0.39, 0.29) is 17.2 Å². The Morgan fingerprint density at radius 1 is 1.23 bits per heavy atom. The van der Waals surface area contributed by atoms with Crippen LogP contribution in [-0.2, 0) is 9.59 Å². The van der Waals surface area contributed by atoms with Crippen LogP contribution in [0.3, 0.4) is 0 Å². The molecule has 9 nitrogen and oxygen atoms in total. The van der Waals surface area contributed by atoms with Gasteiger partial charge in [0.05, 0.1) is 18.2 Å². The first-order valence-corrected chi connectivity index (χ1v) is 10.1. The molecule has 156 valence electrons. The van der Waals surface area contributed by atoms with Gasteiger partial charge in [0.1, 0.15) is 5.25 Å². The smallest absolute Gasteiger partial charge is 0.335 e. The molecule has 0 bridgehead atoms. The zero-order valence-corrected chi connectivity index (χ0v) is 16.8. The molecular weight excluding hydrogens is 418 g/mol. The number of nitrogens with zero attached hydrogens (tertiary/aromatic N) is 2. The first-order chi connectivity index (χ1) is 14.9. The van der Waals surface area contributed by atoms with Crippen molar-refractivity contribution in [2.75, 3.05) is 5.32 Å². The van der Waals surface area contributed by atoms with Crippen LogP contribution >= 0.6 is 11.8 Å². The third kappa shape index (κ3) is 4.33. The minimum atomic E-state index is -1.06. The Bertz CT molecular complexity index is 1200. The Kier molecular flexibility index (Phi) is 5.54. The number of thioether (sulfide) groups is 1. The molecule has 2 aromatic carbocycles. The fraction of sp³-hybridized carbons (Fsp3) is 0.0952. The number of aromatic carboxylic acids is 1. The molecule has 1 aliphatic rings. The van der Waals surface area contributed by atoms with Gasteiger partial charge >= 0.3 is 5.97 Å². The summed E-state index contributed by atoms with van der Waals surface area (Å²) in [7, 11) is 0. The van der Waals surface area contributed by atoms with Crippen LogP contribution in [0.1, 0.15) is 22.3 Å². The summed E-state index contributed by atoms with van der Waals surface area (Å²) in [5.41, 5.74) is 2.23. The van der Waals surface area contributed by atoms with E-state index in [0.29, 0.717) is 5.69 Å². The maximum Gasteiger partial charge on any atom is 0.335 e. The van der Waals surface area contributed by atoms with Crippen molar-refractivity contribution in [3.63, 3.8) is 0 Å². The van der Waals surface area contributed by atoms with Crippen LogP contribution < -0.4 is 5.32 Å². The van der Waals surface area contributed by atoms with Gasteiger partial charge in [0.25, 0.3) is 5.91 Å². The summed E-state index contributed by atoms with van der Waals surface area (Å²) in [6.07, 6.45) is 3.17. The maximum atomic E-state index is 12.5. The number of H-pyrrole nitrogens is 1. The highest BCUT2D eigenvalue weighted by molar-refractivity contribution is 8.14. The minimum Gasteiger partial charge on any atom is -0.478 e. The van der Waals surface area contributed by atoms with Gasteiger partial charge < -0.3 is 15.4 Å². The summed E-state index contributed by atoms with van der Waals surface area (Å²) in [6, 6.07) is 13.4. The first-order valence-electron chi connectivity index (χ1n) is 9.25. The van der Waals surface area contributed by atoms with Gasteiger partial charge in [0.15, 0.2) is 5.17 Å². The molecule has 31 heavy (non-hydrogen) atoms. The molecule has 1 aromatic heterocycles. The van der Waals surface area contributed by atoms with Gasteiger partial charge in [-0.15, -0.1) is 0 Å². The molecule has 10 heteroatoms. The molecule has 0 saturated carbocycles. The van der Waals surface area contributed by atoms with E-state index in [4.69, 9.17) is 10.5 Å². The highest BCUT2D eigenvalue weighted by Gasteiger charge is 2.35. The van der Waals surface area contributed by atoms with Gasteiger partial charge in [-0.05, 0) is 30.3 Å². The molecule has 2 amide bonds. The van der Waals surface area contributed by atoms with Crippen LogP contribution in [0.4, 0.5) is 5.69 Å². The van der Waals surface area contributed by atoms with Gasteiger partial charge in [0.2, 0.25) is 5.91 Å². The number of carboxylic acid groups (broad SMARTS) is 1. The fourth-order valence-corrected chi connectivity index (χ4v) is 4.00. The zero-order valence-electron chi connectivity index (χ0n) is 16.0. The highest BCUT2D eigenvalue weighted by atomic mass is 32.2. The van der Waals surface area contributed by atoms with E-state index >= 15 is 0 Å². The van der Waals surface area contributed by atoms with Crippen LogP contribution in [0, 0.1) is 5.41 Å². The summed E-state index contributed by atoms with van der Waals surface area (Å²) in [4.78, 5) is 39.1. The maximum absolute atomic E-state index is 12.5. The van der Waals surface area contributed by atoms with Crippen molar-refractivity contribution < 1.29 is 19.5 Å². The molecule has 4 N–H and O–H groups in total. The van der Waals surface area contributed by atoms with Crippen molar-refractivity contribution in [1.82, 2.24) is 9.99 Å². The number of hydrogen-bond acceptors (Lipinski definition) is 6. The topological polar surface area (TPSA) is 139 Å². The van der Waals surface area contributed by atoms with Crippen molar-refractivity contribution in [2.24, 2.45) is 5.10 Å². The predicted molar refractivity (Wildman–Crippen MR) is 118 cm³/mol. The molecule has 3 aromatic rings. The van der Waals surface area contributed by atoms with E-state index in [9.17, 15) is 14.4 Å². The first kappa shape index (κ1) is 20.4. The van der Waals surface area contributed by atoms with Crippen molar-refractivity contribution in [2.45, 2.75) is 11.7 Å². The third-order valence-electron chi connectivity index (χ3n) is 4.67. The van der Waals surface area contributed by atoms with Gasteiger partial charge in [-0.2, -0.15) is 10.1 Å². The monoisotopic (exact) mass is 435 g/mol. The second kappa shape index (κ2) is 8.44. The number of benzene rings is 2. The Morgan fingerprint density at radius 2 is 1.97 bits per heavy atom. The lowest BCUT2D eigenvalue weighted by molar-refractivity contribution is -0.129. The number of hydrazone groups is 1. The van der Waals surface area contributed by atoms with Gasteiger partial charge in [-0.3, -0.25) is 15.0 Å². The summed E-state index contributed by atoms with van der Waals surface area (Å²) >= 11 is 0.935. The SMILES string of the molecule is N=C1SC(C(=O)Nc2ccc(C(=O)O)cc2)CC(=O)N1N=Cc1c[nH]c2ccccc12. The number of aromatic amines is 1. The Hall–Kier alpha value is -3.92. The summed E-state index contributed by atoms with van der Waals surface area (Å²) in [5.74, 6) is -1.96. The molecule has 0 spiro atoms. The summed E-state index contributed by atoms with van der Waals surface area (Å²) in [6.45, 7) is 0. The highest BCUT2D eigenvalue weighted by Crippen LogP contribution is 2.27. The van der Waals surface area contributed by atoms with E-state index in [1.807, 2.05) is 24.3 Å². The molecule has 1 aliphatic heterocycles. The molecular formula is C21H17N5O4S. The van der Waals surface area contributed by atoms with Crippen molar-refractivity contribution in [1.29, 1.82) is 5.41 Å². The predicted octanol–water partition coefficient (Wildman–Crippen LogP) is 3.11. The fourth-order valence-electron chi connectivity index (χ4n) is 3.09. The molecule has 2 heterocycles. The number of fused-ring (bicyclic) bond motifs is 1. The number of amidine groups is 1. The van der Waals surface area contributed by atoms with Crippen LogP contribution in [-0.4, -0.2) is 49.5 Å². The summed E-state index contributed by atoms with van der Waals surface area (Å²) < 4.78 is 0. The van der Waals surface area contributed by atoms with Crippen LogP contribution in [0.25, 0.3) is 10.9 Å². The lowest BCUT2D eigenvalue weighted by Gasteiger charge is -2.27. The second-order valence-corrected chi connectivity index (χ2v) is 7.92. The van der Waals surface area contributed by atoms with Gasteiger partial charge in [-0.1, -0.05) is 30.0 Å². The summed E-state index contributed by atoms with van der Waals surface area (Å²) in [5, 5.41) is 24.9. The average molecular weight is 435 g/mol. The number of hydrogen-bond donors (Lipinski definition) is 4. The molecule has 0 aliphatic carbocycles. The number of carbonyl (C=O) groups excluding carboxylic acids is 2. The van der Waals surface area contributed by atoms with Gasteiger partial charge in [0, 0.05) is 28.4 Å². The Labute approximate surface area is 180 Å². The number of anilines is 1. The Morgan fingerprint density at radius 3 is 2.68 bits per heavy atom. The Balaban J connectivity index is 1.41. The molecule has 1 saturated heterocycles. The van der Waals surface area contributed by atoms with Crippen LogP contribution in [0.15, 0.2) is 59.8 Å². The number of carbonyl (C=O) groups is 3. The lowest BCUT2D eigenvalue weighted by Crippen LogP contribution is -2.42. The normalized spacial score (nSPS) is 16.8. The zero-order chi connectivity index (χ0) is 22.0. The van der Waals surface area contributed by atoms with E-state index in [1.54, 1.807) is 6.20 Å². The van der Waals surface area contributed by atoms with E-state index in [1.165, 1.54) is 30.5 Å². The molecule has 0 radical (unpaired) electrons. The quantitative estimate of drug-likeness (QED) is 0.456. The largest absolute Gasteiger partial charge is 0.478 e. The van der Waals surface area contributed by atoms with Crippen molar-refractivity contribution in [3.8, 4) is 0 Å². The number of nitrogens with one attached hydrogen (secondary N) is 3. The number of carboxylic acids is 1. The van der Waals surface area contributed by atoms with Gasteiger partial charge in [-0.25, -0.2) is 4.79 Å². The lowest BCUT2D eigenvalue weighted by atomic mass is 10.2. The van der Waals surface area contributed by atoms with Crippen LogP contribution in [0.5, 0.6) is 0 Å². The third-order valence-corrected chi connectivity index (χ3v) is 5.73. The average Bonchev–Trinajstić information content (AvgIpc) is 3.16. The second-order valence-electron chi connectivity index (χ2n) is 6.73. The van der Waals surface area contributed by atoms with E-state index < -0.39 is 23.0 Å². The molecule has 1 fully saturated rings. The number of amides is 2. The standard InChI is InChI=1S/C21H17N5O4S/c22-21-26(24-11-13-10-23-16-4-2-1-3-15(13)16)18(27)9-17(31-21)19(28)25-14-7-5-12(6-8-14)20(29)30/h1-8,10-11,17,22-23H,9H2,(H,25,28)(H,29,30). The van der Waals surface area contributed by atoms with Crippen molar-refractivity contribution in [3.05, 3.63) is 65.9 Å². The molecule has 1 atom stereocenters. The van der Waals surface area contributed by atoms with E-state index in [0.717, 1.165) is 33.2 Å². The van der Waals surface area contributed by atoms with Crippen LogP contribution in [0.2, 0.25) is 0 Å². The molecule has 1 unspecified atom stereocenters.